The van der Waals surface area contributed by atoms with E-state index < -0.39 is 5.60 Å². The van der Waals surface area contributed by atoms with Crippen molar-refractivity contribution in [3.8, 4) is 0 Å². The summed E-state index contributed by atoms with van der Waals surface area (Å²) >= 11 is 0. The van der Waals surface area contributed by atoms with Crippen LogP contribution >= 0.6 is 0 Å². The van der Waals surface area contributed by atoms with Crippen LogP contribution in [0.4, 0.5) is 0 Å². The number of allylic oxidation sites excluding steroid dienone is 3. The maximum Gasteiger partial charge on any atom is 0.159 e. The molecule has 1 N–H and O–H groups in total. The minimum atomic E-state index is -0.941. The highest BCUT2D eigenvalue weighted by Gasteiger charge is 2.62. The van der Waals surface area contributed by atoms with Crippen LogP contribution in [0.5, 0.6) is 0 Å². The molecule has 0 amide bonds. The Labute approximate surface area is 177 Å². The van der Waals surface area contributed by atoms with Crippen LogP contribution in [0.2, 0.25) is 0 Å². The minimum absolute atomic E-state index is 0.112. The molecule has 6 atom stereocenters. The molecule has 2 saturated carbocycles. The van der Waals surface area contributed by atoms with E-state index in [9.17, 15) is 9.90 Å². The van der Waals surface area contributed by atoms with Gasteiger partial charge in [-0.25, -0.2) is 0 Å². The summed E-state index contributed by atoms with van der Waals surface area (Å²) in [6.07, 6.45) is 16.9. The van der Waals surface area contributed by atoms with Gasteiger partial charge in [-0.3, -0.25) is 4.79 Å². The van der Waals surface area contributed by atoms with Crippen molar-refractivity contribution in [2.45, 2.75) is 91.6 Å². The highest BCUT2D eigenvalue weighted by molar-refractivity contribution is 5.94. The van der Waals surface area contributed by atoms with Gasteiger partial charge in [0.1, 0.15) is 5.60 Å². The van der Waals surface area contributed by atoms with Crippen LogP contribution in [0.1, 0.15) is 86.0 Å². The van der Waals surface area contributed by atoms with Crippen LogP contribution in [0.3, 0.4) is 0 Å². The van der Waals surface area contributed by atoms with Gasteiger partial charge in [0.15, 0.2) is 5.78 Å². The summed E-state index contributed by atoms with van der Waals surface area (Å²) in [5.74, 6) is 2.58. The van der Waals surface area contributed by atoms with Crippen molar-refractivity contribution in [1.82, 2.24) is 0 Å². The molecule has 0 spiro atoms. The quantitative estimate of drug-likeness (QED) is 0.583. The second kappa shape index (κ2) is 7.22. The molecule has 0 aliphatic heterocycles. The molecule has 0 heterocycles. The standard InChI is InChI=1S/C27H40O2/c1-18(2)7-6-8-19(3)22-12-14-26(5)23-10-9-20-17-21(28)11-16-27(20,29)24(23)13-15-25(22,26)4/h9-11,16,18-19,22,24,29H,6-8,12-15,17H2,1-5H3/t19-,22-,24?,25-,26+,27-/m1/s1. The van der Waals surface area contributed by atoms with Crippen LogP contribution in [0.15, 0.2) is 35.5 Å². The highest BCUT2D eigenvalue weighted by atomic mass is 16.3. The van der Waals surface area contributed by atoms with Crippen LogP contribution in [0.25, 0.3) is 0 Å². The molecule has 0 radical (unpaired) electrons. The molecule has 2 fully saturated rings. The number of hydrogen-bond donors (Lipinski definition) is 1. The molecule has 0 aromatic heterocycles. The van der Waals surface area contributed by atoms with E-state index in [2.05, 4.69) is 46.8 Å². The van der Waals surface area contributed by atoms with Crippen molar-refractivity contribution in [1.29, 1.82) is 0 Å². The number of carbonyl (C=O) groups is 1. The molecule has 29 heavy (non-hydrogen) atoms. The van der Waals surface area contributed by atoms with Crippen molar-refractivity contribution in [3.05, 3.63) is 35.5 Å². The summed E-state index contributed by atoms with van der Waals surface area (Å²) in [6, 6.07) is 0. The van der Waals surface area contributed by atoms with Gasteiger partial charge in [0.2, 0.25) is 0 Å². The van der Waals surface area contributed by atoms with E-state index in [0.717, 1.165) is 29.7 Å². The third kappa shape index (κ3) is 3.12. The Morgan fingerprint density at radius 3 is 2.59 bits per heavy atom. The number of hydrogen-bond acceptors (Lipinski definition) is 2. The first kappa shape index (κ1) is 21.1. The van der Waals surface area contributed by atoms with Gasteiger partial charge in [-0.1, -0.05) is 71.6 Å². The molecule has 4 aliphatic rings. The van der Waals surface area contributed by atoms with Crippen LogP contribution < -0.4 is 0 Å². The molecule has 4 aliphatic carbocycles. The molecule has 0 bridgehead atoms. The van der Waals surface area contributed by atoms with E-state index in [1.54, 1.807) is 12.2 Å². The van der Waals surface area contributed by atoms with Crippen LogP contribution in [-0.2, 0) is 4.79 Å². The van der Waals surface area contributed by atoms with Gasteiger partial charge in [-0.05, 0) is 72.0 Å². The van der Waals surface area contributed by atoms with Crippen molar-refractivity contribution < 1.29 is 9.90 Å². The zero-order valence-corrected chi connectivity index (χ0v) is 19.1. The van der Waals surface area contributed by atoms with Crippen LogP contribution in [-0.4, -0.2) is 16.5 Å². The monoisotopic (exact) mass is 396 g/mol. The Kier molecular flexibility index (Phi) is 5.25. The Morgan fingerprint density at radius 2 is 1.86 bits per heavy atom. The smallest absolute Gasteiger partial charge is 0.159 e. The first-order chi connectivity index (χ1) is 13.6. The lowest BCUT2D eigenvalue weighted by atomic mass is 9.47. The zero-order valence-electron chi connectivity index (χ0n) is 19.1. The van der Waals surface area contributed by atoms with E-state index in [4.69, 9.17) is 0 Å². The zero-order chi connectivity index (χ0) is 21.0. The lowest BCUT2D eigenvalue weighted by Gasteiger charge is -2.57. The van der Waals surface area contributed by atoms with Gasteiger partial charge in [0, 0.05) is 12.3 Å². The average molecular weight is 397 g/mol. The SMILES string of the molecule is CC(C)CCC[C@@H](C)[C@H]1CC[C@@]2(C)C3=CC=C4CC(=O)C=C[C@]4(O)C3CC[C@]12C. The molecule has 0 aromatic carbocycles. The molecule has 2 nitrogen and oxygen atoms in total. The van der Waals surface area contributed by atoms with E-state index >= 15 is 0 Å². The summed E-state index contributed by atoms with van der Waals surface area (Å²) in [5.41, 5.74) is 1.88. The number of rotatable bonds is 5. The van der Waals surface area contributed by atoms with Gasteiger partial charge in [-0.15, -0.1) is 0 Å². The summed E-state index contributed by atoms with van der Waals surface area (Å²) in [6.45, 7) is 12.2. The molecular weight excluding hydrogens is 356 g/mol. The van der Waals surface area contributed by atoms with Crippen LogP contribution in [0, 0.1) is 34.5 Å². The fourth-order valence-electron chi connectivity index (χ4n) is 7.53. The first-order valence-electron chi connectivity index (χ1n) is 12.0. The fraction of sp³-hybridized carbons (Fsp3) is 0.741. The molecule has 1 unspecified atom stereocenters. The third-order valence-electron chi connectivity index (χ3n) is 9.52. The molecule has 0 aromatic rings. The number of carbonyl (C=O) groups excluding carboxylic acids is 1. The lowest BCUT2D eigenvalue weighted by molar-refractivity contribution is -0.115. The Hall–Kier alpha value is -1.15. The molecular formula is C27H40O2. The maximum atomic E-state index is 11.9. The van der Waals surface area contributed by atoms with E-state index in [0.29, 0.717) is 11.8 Å². The average Bonchev–Trinajstić information content (AvgIpc) is 2.93. The Balaban J connectivity index is 1.61. The lowest BCUT2D eigenvalue weighted by Crippen LogP contribution is -2.53. The Bertz CT molecular complexity index is 771. The van der Waals surface area contributed by atoms with Gasteiger partial charge in [0.05, 0.1) is 0 Å². The Morgan fingerprint density at radius 1 is 1.10 bits per heavy atom. The largest absolute Gasteiger partial charge is 0.381 e. The summed E-state index contributed by atoms with van der Waals surface area (Å²) in [4.78, 5) is 11.9. The molecule has 2 heteroatoms. The van der Waals surface area contributed by atoms with Gasteiger partial charge in [0.25, 0.3) is 0 Å². The second-order valence-electron chi connectivity index (χ2n) is 11.4. The second-order valence-corrected chi connectivity index (χ2v) is 11.4. The highest BCUT2D eigenvalue weighted by Crippen LogP contribution is 2.70. The summed E-state index contributed by atoms with van der Waals surface area (Å²) in [7, 11) is 0. The topological polar surface area (TPSA) is 37.3 Å². The van der Waals surface area contributed by atoms with E-state index in [1.165, 1.54) is 44.1 Å². The fourth-order valence-corrected chi connectivity index (χ4v) is 7.53. The molecule has 0 saturated heterocycles. The van der Waals surface area contributed by atoms with Gasteiger partial charge in [-0.2, -0.15) is 0 Å². The van der Waals surface area contributed by atoms with E-state index in [-0.39, 0.29) is 17.1 Å². The normalized spacial score (nSPS) is 42.1. The van der Waals surface area contributed by atoms with Crippen molar-refractivity contribution >= 4 is 5.78 Å². The van der Waals surface area contributed by atoms with E-state index in [1.807, 2.05) is 0 Å². The summed E-state index contributed by atoms with van der Waals surface area (Å²) < 4.78 is 0. The van der Waals surface area contributed by atoms with Crippen molar-refractivity contribution in [2.75, 3.05) is 0 Å². The number of fused-ring (bicyclic) bond motifs is 5. The maximum absolute atomic E-state index is 11.9. The summed E-state index contributed by atoms with van der Waals surface area (Å²) in [5, 5.41) is 11.6. The minimum Gasteiger partial charge on any atom is -0.381 e. The van der Waals surface area contributed by atoms with Crippen molar-refractivity contribution in [2.24, 2.45) is 34.5 Å². The predicted molar refractivity (Wildman–Crippen MR) is 119 cm³/mol. The number of aliphatic hydroxyl groups is 1. The first-order valence-corrected chi connectivity index (χ1v) is 12.0. The predicted octanol–water partition coefficient (Wildman–Crippen LogP) is 6.41. The van der Waals surface area contributed by atoms with Gasteiger partial charge < -0.3 is 5.11 Å². The number of ketones is 1. The van der Waals surface area contributed by atoms with Crippen molar-refractivity contribution in [3.63, 3.8) is 0 Å². The van der Waals surface area contributed by atoms with Gasteiger partial charge >= 0.3 is 0 Å². The molecule has 4 rings (SSSR count). The third-order valence-corrected chi connectivity index (χ3v) is 9.52. The molecule has 160 valence electrons.